The molecular weight excluding hydrogens is 254 g/mol. The number of amides is 4. The third-order valence-corrected chi connectivity index (χ3v) is 3.18. The van der Waals surface area contributed by atoms with E-state index in [4.69, 9.17) is 0 Å². The molecule has 0 saturated carbocycles. The predicted octanol–water partition coefficient (Wildman–Crippen LogP) is 1.46. The van der Waals surface area contributed by atoms with Crippen molar-refractivity contribution in [1.82, 2.24) is 10.3 Å². The number of benzene rings is 2. The minimum Gasteiger partial charge on any atom is -0.243 e. The highest BCUT2D eigenvalue weighted by atomic mass is 16.2. The first-order chi connectivity index (χ1) is 9.75. The van der Waals surface area contributed by atoms with Crippen LogP contribution < -0.4 is 10.3 Å². The number of quaternary nitrogens is 1. The molecule has 20 heavy (non-hydrogen) atoms. The molecule has 100 valence electrons. The van der Waals surface area contributed by atoms with Crippen molar-refractivity contribution in [3.05, 3.63) is 66.2 Å². The van der Waals surface area contributed by atoms with E-state index < -0.39 is 0 Å². The van der Waals surface area contributed by atoms with Crippen LogP contribution in [-0.2, 0) is 6.54 Å². The lowest BCUT2D eigenvalue weighted by Gasteiger charge is -2.19. The molecule has 2 aromatic rings. The number of nitrogens with one attached hydrogen (secondary N) is 2. The Balaban J connectivity index is 1.91. The van der Waals surface area contributed by atoms with E-state index >= 15 is 0 Å². The summed E-state index contributed by atoms with van der Waals surface area (Å²) in [6.07, 6.45) is 0. The number of imide groups is 1. The van der Waals surface area contributed by atoms with Gasteiger partial charge in [-0.2, -0.15) is 5.01 Å². The predicted molar refractivity (Wildman–Crippen MR) is 73.0 cm³/mol. The molecule has 2 aromatic carbocycles. The molecule has 1 unspecified atom stereocenters. The Morgan fingerprint density at radius 1 is 0.900 bits per heavy atom. The molecule has 1 aliphatic rings. The fourth-order valence-electron chi connectivity index (χ4n) is 2.25. The first kappa shape index (κ1) is 12.4. The van der Waals surface area contributed by atoms with Gasteiger partial charge >= 0.3 is 12.1 Å². The topological polar surface area (TPSA) is 53.9 Å². The zero-order valence-electron chi connectivity index (χ0n) is 10.7. The van der Waals surface area contributed by atoms with E-state index in [-0.39, 0.29) is 12.1 Å². The minimum absolute atomic E-state index is 0.350. The van der Waals surface area contributed by atoms with Crippen LogP contribution >= 0.6 is 0 Å². The van der Waals surface area contributed by atoms with Crippen molar-refractivity contribution < 1.29 is 14.6 Å². The van der Waals surface area contributed by atoms with Gasteiger partial charge in [-0.1, -0.05) is 48.5 Å². The molecule has 1 atom stereocenters. The largest absolute Gasteiger partial charge is 0.453 e. The van der Waals surface area contributed by atoms with Gasteiger partial charge in [0.15, 0.2) is 5.69 Å². The van der Waals surface area contributed by atoms with E-state index in [0.29, 0.717) is 11.6 Å². The summed E-state index contributed by atoms with van der Waals surface area (Å²) in [6, 6.07) is 18.1. The molecule has 0 bridgehead atoms. The highest BCUT2D eigenvalue weighted by Crippen LogP contribution is 2.07. The Morgan fingerprint density at radius 3 is 2.15 bits per heavy atom. The van der Waals surface area contributed by atoms with Crippen LogP contribution in [0, 0.1) is 0 Å². The molecule has 0 radical (unpaired) electrons. The van der Waals surface area contributed by atoms with Gasteiger partial charge in [-0.15, -0.1) is 5.01 Å². The minimum atomic E-state index is -0.377. The Morgan fingerprint density at radius 2 is 1.50 bits per heavy atom. The molecule has 5 heteroatoms. The van der Waals surface area contributed by atoms with Crippen LogP contribution in [-0.4, -0.2) is 17.1 Å². The number of hydrogen-bond donors (Lipinski definition) is 2. The first-order valence-electron chi connectivity index (χ1n) is 6.35. The monoisotopic (exact) mass is 268 g/mol. The molecule has 4 amide bonds. The van der Waals surface area contributed by atoms with Crippen LogP contribution in [0.2, 0.25) is 0 Å². The summed E-state index contributed by atoms with van der Waals surface area (Å²) in [5.41, 5.74) is 1.72. The van der Waals surface area contributed by atoms with Gasteiger partial charge in [0.1, 0.15) is 0 Å². The van der Waals surface area contributed by atoms with Crippen molar-refractivity contribution in [2.75, 3.05) is 0 Å². The van der Waals surface area contributed by atoms with E-state index in [1.165, 1.54) is 5.01 Å². The van der Waals surface area contributed by atoms with Crippen molar-refractivity contribution in [1.29, 1.82) is 0 Å². The standard InChI is InChI=1S/C15H13N3O2/c19-14-16-15(20)18(13-9-5-2-6-10-13)17(14)11-12-7-3-1-4-8-12/h1-10H,11H2,(H,16,19,20)/p+1. The second kappa shape index (κ2) is 5.14. The molecule has 0 aliphatic carbocycles. The lowest BCUT2D eigenvalue weighted by Crippen LogP contribution is -3.14. The van der Waals surface area contributed by atoms with E-state index in [0.717, 1.165) is 11.3 Å². The van der Waals surface area contributed by atoms with Gasteiger partial charge < -0.3 is 0 Å². The molecule has 1 aliphatic heterocycles. The fraction of sp³-hybridized carbons (Fsp3) is 0.0667. The van der Waals surface area contributed by atoms with Gasteiger partial charge in [0.2, 0.25) is 0 Å². The summed E-state index contributed by atoms with van der Waals surface area (Å²) >= 11 is 0. The van der Waals surface area contributed by atoms with Crippen molar-refractivity contribution in [3.8, 4) is 0 Å². The molecule has 1 heterocycles. The Hall–Kier alpha value is -2.66. The second-order valence-electron chi connectivity index (χ2n) is 4.55. The summed E-state index contributed by atoms with van der Waals surface area (Å²) in [7, 11) is 0. The smallest absolute Gasteiger partial charge is 0.243 e. The van der Waals surface area contributed by atoms with E-state index in [1.54, 1.807) is 0 Å². The zero-order chi connectivity index (χ0) is 13.9. The lowest BCUT2D eigenvalue weighted by atomic mass is 10.2. The van der Waals surface area contributed by atoms with E-state index in [1.807, 2.05) is 60.7 Å². The number of carbonyl (C=O) groups excluding carboxylic acids is 2. The second-order valence-corrected chi connectivity index (χ2v) is 4.55. The Labute approximate surface area is 116 Å². The molecular formula is C15H14N3O2+. The fourth-order valence-corrected chi connectivity index (χ4v) is 2.25. The summed E-state index contributed by atoms with van der Waals surface area (Å²) in [5, 5.41) is 4.23. The number of carbonyl (C=O) groups is 2. The lowest BCUT2D eigenvalue weighted by molar-refractivity contribution is -0.859. The van der Waals surface area contributed by atoms with Gasteiger partial charge in [-0.3, -0.25) is 0 Å². The van der Waals surface area contributed by atoms with Crippen molar-refractivity contribution >= 4 is 17.7 Å². The average Bonchev–Trinajstić information content (AvgIpc) is 2.75. The van der Waals surface area contributed by atoms with Crippen molar-refractivity contribution in [3.63, 3.8) is 0 Å². The first-order valence-corrected chi connectivity index (χ1v) is 6.35. The molecule has 3 rings (SSSR count). The number of urea groups is 2. The van der Waals surface area contributed by atoms with Gasteiger partial charge in [0.25, 0.3) is 0 Å². The highest BCUT2D eigenvalue weighted by molar-refractivity contribution is 5.93. The Kier molecular flexibility index (Phi) is 3.18. The van der Waals surface area contributed by atoms with Crippen LogP contribution in [0.15, 0.2) is 60.7 Å². The maximum atomic E-state index is 12.0. The SMILES string of the molecule is O=C1NC(=O)[NH+](c2ccccc2)N1Cc1ccccc1. The summed E-state index contributed by atoms with van der Waals surface area (Å²) in [6.45, 7) is 0.378. The van der Waals surface area contributed by atoms with Crippen molar-refractivity contribution in [2.45, 2.75) is 6.54 Å². The quantitative estimate of drug-likeness (QED) is 0.885. The maximum absolute atomic E-state index is 12.0. The number of nitrogens with zero attached hydrogens (tertiary/aromatic N) is 1. The molecule has 5 nitrogen and oxygen atoms in total. The van der Waals surface area contributed by atoms with Crippen LogP contribution in [0.1, 0.15) is 5.56 Å². The number of hydrogen-bond acceptors (Lipinski definition) is 2. The van der Waals surface area contributed by atoms with Crippen molar-refractivity contribution in [2.24, 2.45) is 0 Å². The zero-order valence-corrected chi connectivity index (χ0v) is 10.7. The average molecular weight is 268 g/mol. The molecule has 2 N–H and O–H groups in total. The van der Waals surface area contributed by atoms with Gasteiger partial charge in [-0.05, 0) is 5.56 Å². The van der Waals surface area contributed by atoms with Crippen LogP contribution in [0.25, 0.3) is 0 Å². The molecule has 0 aromatic heterocycles. The normalized spacial score (nSPS) is 18.2. The third kappa shape index (κ3) is 2.26. The molecule has 1 fully saturated rings. The maximum Gasteiger partial charge on any atom is 0.453 e. The number of para-hydroxylation sites is 1. The van der Waals surface area contributed by atoms with E-state index in [9.17, 15) is 9.59 Å². The van der Waals surface area contributed by atoms with Gasteiger partial charge in [0.05, 0.1) is 6.54 Å². The Bertz CT molecular complexity index is 628. The van der Waals surface area contributed by atoms with E-state index in [2.05, 4.69) is 5.32 Å². The molecule has 0 spiro atoms. The van der Waals surface area contributed by atoms with Crippen LogP contribution in [0.5, 0.6) is 0 Å². The summed E-state index contributed by atoms with van der Waals surface area (Å²) < 4.78 is 0. The van der Waals surface area contributed by atoms with Crippen LogP contribution in [0.4, 0.5) is 15.3 Å². The molecule has 1 saturated heterocycles. The third-order valence-electron chi connectivity index (χ3n) is 3.18. The van der Waals surface area contributed by atoms with Gasteiger partial charge in [0, 0.05) is 12.1 Å². The van der Waals surface area contributed by atoms with Crippen LogP contribution in [0.3, 0.4) is 0 Å². The highest BCUT2D eigenvalue weighted by Gasteiger charge is 2.42. The summed E-state index contributed by atoms with van der Waals surface area (Å²) in [5.74, 6) is 0. The number of rotatable bonds is 3. The van der Waals surface area contributed by atoms with Gasteiger partial charge in [-0.25, -0.2) is 14.9 Å². The summed E-state index contributed by atoms with van der Waals surface area (Å²) in [4.78, 5) is 23.9.